The van der Waals surface area contributed by atoms with Crippen LogP contribution in [0.15, 0.2) is 0 Å². The van der Waals surface area contributed by atoms with Crippen LogP contribution in [-0.4, -0.2) is 281 Å². The molecular weight excluding hydrogens is 1580 g/mol. The first-order valence-electron chi connectivity index (χ1n) is 49.6. The molecule has 0 aliphatic heterocycles. The van der Waals surface area contributed by atoms with Crippen LogP contribution in [0.5, 0.6) is 0 Å². The molecule has 2 saturated carbocycles. The van der Waals surface area contributed by atoms with E-state index in [1.54, 1.807) is 42.3 Å². The average molecular weight is 1810 g/mol. The monoisotopic (exact) mass is 1810 g/mol. The zero-order valence-corrected chi connectivity index (χ0v) is 90.7. The number of hydrogen-bond acceptors (Lipinski definition) is 22. The van der Waals surface area contributed by atoms with Crippen LogP contribution in [0.25, 0.3) is 0 Å². The highest BCUT2D eigenvalue weighted by Gasteiger charge is 2.18. The molecule has 22 nitrogen and oxygen atoms in total. The summed E-state index contributed by atoms with van der Waals surface area (Å²) in [5.41, 5.74) is 0. The van der Waals surface area contributed by atoms with Crippen LogP contribution in [0.1, 0.15) is 397 Å². The van der Waals surface area contributed by atoms with Crippen LogP contribution in [0, 0.1) is 5.92 Å². The van der Waals surface area contributed by atoms with Crippen molar-refractivity contribution in [3.63, 3.8) is 0 Å². The van der Waals surface area contributed by atoms with Gasteiger partial charge in [0.05, 0.1) is 176 Å². The zero-order valence-electron chi connectivity index (χ0n) is 90.7. The Morgan fingerprint density at radius 3 is 0.766 bits per heavy atom. The summed E-state index contributed by atoms with van der Waals surface area (Å²) in [4.78, 5) is 0. The molecule has 0 saturated heterocycles. The van der Waals surface area contributed by atoms with Crippen molar-refractivity contribution in [2.24, 2.45) is 5.92 Å². The molecule has 0 aromatic heterocycles. The van der Waals surface area contributed by atoms with E-state index in [-0.39, 0.29) is 24.4 Å². The Balaban J connectivity index is -0.000000109. The highest BCUT2D eigenvalue weighted by atomic mass is 16.6. The molecule has 2 fully saturated rings. The number of hydrogen-bond donors (Lipinski definition) is 2. The lowest BCUT2D eigenvalue weighted by Crippen LogP contribution is -2.24. The van der Waals surface area contributed by atoms with Gasteiger partial charge >= 0.3 is 0 Å². The first-order valence-corrected chi connectivity index (χ1v) is 49.6. The van der Waals surface area contributed by atoms with Crippen LogP contribution in [0.4, 0.5) is 0 Å². The Labute approximate surface area is 775 Å². The highest BCUT2D eigenvalue weighted by Crippen LogP contribution is 2.24. The summed E-state index contributed by atoms with van der Waals surface area (Å²) in [6.45, 7) is 90.6. The summed E-state index contributed by atoms with van der Waals surface area (Å²) in [6, 6.07) is 0. The average Bonchev–Trinajstić information content (AvgIpc) is 0.929. The number of unbranched alkanes of at least 4 members (excludes halogenated alkanes) is 7. The molecule has 1 unspecified atom stereocenters. The Morgan fingerprint density at radius 1 is 0.218 bits per heavy atom. The molecule has 0 radical (unpaired) electrons. The molecule has 0 aromatic carbocycles. The molecule has 768 valence electrons. The van der Waals surface area contributed by atoms with E-state index in [1.807, 2.05) is 111 Å². The second kappa shape index (κ2) is 128. The van der Waals surface area contributed by atoms with E-state index in [2.05, 4.69) is 132 Å². The molecule has 22 heteroatoms. The molecule has 2 atom stereocenters. The van der Waals surface area contributed by atoms with Crippen molar-refractivity contribution >= 4 is 0 Å². The first kappa shape index (κ1) is 149. The van der Waals surface area contributed by atoms with E-state index in [0.717, 1.165) is 117 Å². The van der Waals surface area contributed by atoms with Crippen molar-refractivity contribution in [3.8, 4) is 0 Å². The summed E-state index contributed by atoms with van der Waals surface area (Å²) in [5, 5.41) is 17.4. The van der Waals surface area contributed by atoms with Crippen LogP contribution in [-0.2, 0) is 94.7 Å². The number of aliphatic hydroxyl groups is 2. The Bertz CT molecular complexity index is 1570. The third kappa shape index (κ3) is 210. The topological polar surface area (TPSA) is 225 Å². The minimum atomic E-state index is -0.336. The van der Waals surface area contributed by atoms with Crippen molar-refractivity contribution in [1.29, 1.82) is 0 Å². The third-order valence-electron chi connectivity index (χ3n) is 15.1. The van der Waals surface area contributed by atoms with Crippen molar-refractivity contribution in [2.45, 2.75) is 507 Å². The highest BCUT2D eigenvalue weighted by molar-refractivity contribution is 4.69. The first-order chi connectivity index (χ1) is 58.4. The number of ether oxygens (including phenoxy) is 20. The van der Waals surface area contributed by atoms with Crippen molar-refractivity contribution in [3.05, 3.63) is 0 Å². The predicted octanol–water partition coefficient (Wildman–Crippen LogP) is 25.2. The van der Waals surface area contributed by atoms with E-state index in [9.17, 15) is 0 Å². The van der Waals surface area contributed by atoms with Gasteiger partial charge in [0.2, 0.25) is 0 Å². The van der Waals surface area contributed by atoms with E-state index in [0.29, 0.717) is 138 Å². The lowest BCUT2D eigenvalue weighted by molar-refractivity contribution is -0.0347. The third-order valence-corrected chi connectivity index (χ3v) is 15.1. The van der Waals surface area contributed by atoms with Crippen molar-refractivity contribution in [1.82, 2.24) is 0 Å². The van der Waals surface area contributed by atoms with Gasteiger partial charge in [-0.05, 0) is 311 Å². The Morgan fingerprint density at radius 2 is 0.492 bits per heavy atom. The molecule has 2 aliphatic rings. The van der Waals surface area contributed by atoms with Gasteiger partial charge in [-0.1, -0.05) is 92.4 Å². The van der Waals surface area contributed by atoms with E-state index in [1.165, 1.54) is 109 Å². The van der Waals surface area contributed by atoms with Gasteiger partial charge in [0.25, 0.3) is 0 Å². The van der Waals surface area contributed by atoms with Crippen LogP contribution in [0.2, 0.25) is 0 Å². The fourth-order valence-corrected chi connectivity index (χ4v) is 8.85. The van der Waals surface area contributed by atoms with Crippen LogP contribution < -0.4 is 0 Å². The maximum absolute atomic E-state index is 8.68. The fraction of sp³-hybridized carbons (Fsp3) is 1.00. The molecule has 0 heterocycles. The number of methoxy groups -OCH3 is 4. The van der Waals surface area contributed by atoms with Gasteiger partial charge in [-0.3, -0.25) is 0 Å². The van der Waals surface area contributed by atoms with E-state index >= 15 is 0 Å². The van der Waals surface area contributed by atoms with Gasteiger partial charge < -0.3 is 105 Å². The second-order valence-electron chi connectivity index (χ2n) is 35.0. The summed E-state index contributed by atoms with van der Waals surface area (Å²) in [7, 11) is 6.76. The maximum Gasteiger partial charge on any atom is 0.0745 e. The smallest absolute Gasteiger partial charge is 0.0745 e. The van der Waals surface area contributed by atoms with E-state index < -0.39 is 0 Å². The SMILES string of the molecule is CC(C)OC(C)C.CC(C)OC1CCC1.CC(C)OCC1CCCCC1.CC(C)OC[C@@H](C)O.CC(O)COC(C)C.CCCCCCOC(C)C.CCCCCOC(C)C.CCCCOC(C)C.CCCOC(C)C.CCCOCCOC(C)C.COCCCCOC(C)C.COCCCOC(C)C.COCCOC(C)C.COCCOCCOC(C)C. The van der Waals surface area contributed by atoms with E-state index in [4.69, 9.17) is 105 Å². The summed E-state index contributed by atoms with van der Waals surface area (Å²) in [5.74, 6) is 0.867. The lowest BCUT2D eigenvalue weighted by Gasteiger charge is -2.27. The summed E-state index contributed by atoms with van der Waals surface area (Å²) in [6.07, 6.45) is 33.1. The minimum absolute atomic E-state index is 0.226. The van der Waals surface area contributed by atoms with Crippen molar-refractivity contribution in [2.75, 3.05) is 161 Å². The molecule has 0 amide bonds. The molecule has 0 spiro atoms. The molecule has 2 aliphatic carbocycles. The van der Waals surface area contributed by atoms with Gasteiger partial charge in [-0.25, -0.2) is 0 Å². The van der Waals surface area contributed by atoms with Gasteiger partial charge in [0, 0.05) is 94.5 Å². The number of rotatable bonds is 59. The fourth-order valence-electron chi connectivity index (χ4n) is 8.85. The van der Waals surface area contributed by atoms with Gasteiger partial charge in [-0.15, -0.1) is 0 Å². The molecule has 0 aromatic rings. The quantitative estimate of drug-likeness (QED) is 0.0540. The van der Waals surface area contributed by atoms with Gasteiger partial charge in [0.15, 0.2) is 0 Å². The largest absolute Gasteiger partial charge is 0.391 e. The summed E-state index contributed by atoms with van der Waals surface area (Å²) < 4.78 is 104. The van der Waals surface area contributed by atoms with Crippen LogP contribution >= 0.6 is 0 Å². The molecule has 0 bridgehead atoms. The van der Waals surface area contributed by atoms with Crippen molar-refractivity contribution < 1.29 is 105 Å². The molecule has 124 heavy (non-hydrogen) atoms. The maximum atomic E-state index is 8.68. The lowest BCUT2D eigenvalue weighted by atomic mass is 9.90. The van der Waals surface area contributed by atoms with Gasteiger partial charge in [0.1, 0.15) is 0 Å². The molecule has 2 N–H and O–H groups in total. The van der Waals surface area contributed by atoms with Gasteiger partial charge in [-0.2, -0.15) is 0 Å². The normalized spacial score (nSPS) is 12.8. The molecule has 2 rings (SSSR count). The second-order valence-corrected chi connectivity index (χ2v) is 35.0. The molecular formula is C102H228O22. The minimum Gasteiger partial charge on any atom is -0.391 e. The zero-order chi connectivity index (χ0) is 97.8. The number of aliphatic hydroxyl groups excluding tert-OH is 2. The predicted molar refractivity (Wildman–Crippen MR) is 530 cm³/mol. The van der Waals surface area contributed by atoms with Crippen LogP contribution in [0.3, 0.4) is 0 Å². The Kier molecular flexibility index (Phi) is 154. The Hall–Kier alpha value is -0.880. The standard InChI is InChI=1S/C10H20O.C9H20O.C8H18O3.2C8H18O2.C8H18O.C7H16O2.C7H14O.C7H16O.3C6H14O2.2C6H14O/c1-9(2)11-8-10-6-4-3-5-7-10;1-4-5-6-7-8-10-9(2)3;1-8(2)11-7-6-10-5-4-9-3;1-8(2)10-7-5-4-6-9-3;1-4-5-9-6-7-10-8(2)3;1-4-5-6-7-9-8(2)3;1-7(2)9-6-4-5-8-3;1-6(2)8-7-4-3-5-7;1-4-5-6-8-7(2)3;1-6(2)8-5-4-7-3;2*1-5(2)8-4-6(3)7;1-5(2)7-6(3)4;1-4-5-7-6(2)3/h9-10H,3-8H2,1-2H3;9H,4-8H2,1-3H3;8H,4-7H2,1-3H3;2*8H,4-7H2,1-3H3;8H,4-7H2,1-3H3;7H,4-6H2,1-3H3;6-7H,3-5H2,1-2H3;7H,4-6H2,1-3H3;6H,4-5H2,1-3H3;2*5-7H,4H2,1-3H3;5-6H,1-4H3;6H,4-5H2,1-3H3/t;;;;;;;;;;6-;;;/m..........1.../s1. The summed E-state index contributed by atoms with van der Waals surface area (Å²) >= 11 is 0.